The molecular weight excluding hydrogens is 250 g/mol. The Morgan fingerprint density at radius 3 is 2.65 bits per heavy atom. The minimum Gasteiger partial charge on any atom is -0.354 e. The fourth-order valence-corrected chi connectivity index (χ4v) is 2.37. The molecule has 0 saturated carbocycles. The van der Waals surface area contributed by atoms with Gasteiger partial charge in [-0.2, -0.15) is 0 Å². The van der Waals surface area contributed by atoms with E-state index < -0.39 is 0 Å². The average Bonchev–Trinajstić information content (AvgIpc) is 2.94. The van der Waals surface area contributed by atoms with Gasteiger partial charge in [0.1, 0.15) is 6.33 Å². The third kappa shape index (κ3) is 1.90. The Labute approximate surface area is 118 Å². The number of nitrogens with zero attached hydrogens (tertiary/aromatic N) is 5. The number of hydrogen-bond donors (Lipinski definition) is 0. The first-order chi connectivity index (χ1) is 9.59. The minimum atomic E-state index is 0.379. The number of fused-ring (bicyclic) bond motifs is 3. The van der Waals surface area contributed by atoms with E-state index in [1.165, 1.54) is 0 Å². The van der Waals surface area contributed by atoms with Gasteiger partial charge in [0.2, 0.25) is 5.65 Å². The smallest absolute Gasteiger partial charge is 0.204 e. The number of benzene rings is 1. The van der Waals surface area contributed by atoms with Crippen LogP contribution in [-0.2, 0) is 0 Å². The van der Waals surface area contributed by atoms with E-state index in [0.29, 0.717) is 12.0 Å². The fourth-order valence-electron chi connectivity index (χ4n) is 2.37. The molecule has 0 amide bonds. The second-order valence-electron chi connectivity index (χ2n) is 5.54. The summed E-state index contributed by atoms with van der Waals surface area (Å²) in [4.78, 5) is 6.96. The van der Waals surface area contributed by atoms with Crippen LogP contribution in [0.4, 0.5) is 5.82 Å². The summed E-state index contributed by atoms with van der Waals surface area (Å²) in [5.74, 6) is 1.42. The molecule has 3 rings (SSSR count). The molecule has 2 heterocycles. The van der Waals surface area contributed by atoms with Gasteiger partial charge in [0.15, 0.2) is 5.82 Å². The Bertz CT molecular complexity index is 746. The van der Waals surface area contributed by atoms with Crippen LogP contribution in [0, 0.1) is 5.92 Å². The number of anilines is 1. The monoisotopic (exact) mass is 269 g/mol. The number of para-hydroxylation sites is 2. The van der Waals surface area contributed by atoms with Gasteiger partial charge in [0.25, 0.3) is 0 Å². The highest BCUT2D eigenvalue weighted by Crippen LogP contribution is 2.24. The highest BCUT2D eigenvalue weighted by atomic mass is 15.3. The zero-order valence-corrected chi connectivity index (χ0v) is 12.3. The van der Waals surface area contributed by atoms with Crippen LogP contribution in [0.2, 0.25) is 0 Å². The zero-order valence-electron chi connectivity index (χ0n) is 12.3. The Morgan fingerprint density at radius 1 is 1.15 bits per heavy atom. The van der Waals surface area contributed by atoms with Crippen LogP contribution in [-0.4, -0.2) is 32.7 Å². The van der Waals surface area contributed by atoms with E-state index in [-0.39, 0.29) is 0 Å². The van der Waals surface area contributed by atoms with Crippen LogP contribution in [0.5, 0.6) is 0 Å². The van der Waals surface area contributed by atoms with Crippen molar-refractivity contribution in [3.05, 3.63) is 30.6 Å². The van der Waals surface area contributed by atoms with E-state index in [2.05, 4.69) is 42.9 Å². The molecule has 3 aromatic rings. The lowest BCUT2D eigenvalue weighted by atomic mass is 10.1. The van der Waals surface area contributed by atoms with Crippen molar-refractivity contribution in [2.45, 2.75) is 26.8 Å². The summed E-state index contributed by atoms with van der Waals surface area (Å²) in [7, 11) is 2.07. The summed E-state index contributed by atoms with van der Waals surface area (Å²) >= 11 is 0. The molecule has 5 heteroatoms. The molecular formula is C15H19N5. The lowest BCUT2D eigenvalue weighted by Gasteiger charge is -2.29. The summed E-state index contributed by atoms with van der Waals surface area (Å²) in [5.41, 5.74) is 2.79. The van der Waals surface area contributed by atoms with Crippen LogP contribution < -0.4 is 4.90 Å². The van der Waals surface area contributed by atoms with E-state index in [0.717, 1.165) is 22.5 Å². The Balaban J connectivity index is 2.25. The molecule has 0 spiro atoms. The molecule has 104 valence electrons. The van der Waals surface area contributed by atoms with Gasteiger partial charge in [-0.3, -0.25) is 4.40 Å². The Kier molecular flexibility index (Phi) is 3.04. The van der Waals surface area contributed by atoms with Gasteiger partial charge < -0.3 is 4.90 Å². The molecule has 2 aromatic heterocycles. The van der Waals surface area contributed by atoms with E-state index in [9.17, 15) is 0 Å². The first-order valence-electron chi connectivity index (χ1n) is 6.91. The van der Waals surface area contributed by atoms with Crippen molar-refractivity contribution in [2.75, 3.05) is 11.9 Å². The highest BCUT2D eigenvalue weighted by molar-refractivity contribution is 5.82. The number of aromatic nitrogens is 4. The summed E-state index contributed by atoms with van der Waals surface area (Å²) < 4.78 is 2.00. The van der Waals surface area contributed by atoms with E-state index >= 15 is 0 Å². The maximum absolute atomic E-state index is 4.78. The molecule has 0 saturated heterocycles. The average molecular weight is 269 g/mol. The van der Waals surface area contributed by atoms with Crippen LogP contribution in [0.25, 0.3) is 16.7 Å². The van der Waals surface area contributed by atoms with Gasteiger partial charge in [-0.05, 0) is 25.0 Å². The maximum atomic E-state index is 4.78. The Morgan fingerprint density at radius 2 is 1.90 bits per heavy atom. The summed E-state index contributed by atoms with van der Waals surface area (Å²) in [6, 6.07) is 8.44. The molecule has 0 aliphatic heterocycles. The molecule has 5 nitrogen and oxygen atoms in total. The van der Waals surface area contributed by atoms with Crippen molar-refractivity contribution in [1.29, 1.82) is 0 Å². The SMILES string of the molecule is CC(C)C(C)N(C)c1nc2ccccc2n2cnnc12. The molecule has 0 N–H and O–H groups in total. The van der Waals surface area contributed by atoms with Crippen molar-refractivity contribution in [3.8, 4) is 0 Å². The molecule has 0 fully saturated rings. The summed E-state index contributed by atoms with van der Waals surface area (Å²) in [5, 5.41) is 8.29. The third-order valence-electron chi connectivity index (χ3n) is 4.03. The molecule has 1 unspecified atom stereocenters. The summed E-state index contributed by atoms with van der Waals surface area (Å²) in [6.07, 6.45) is 1.75. The van der Waals surface area contributed by atoms with Crippen LogP contribution in [0.3, 0.4) is 0 Å². The fraction of sp³-hybridized carbons (Fsp3) is 0.400. The van der Waals surface area contributed by atoms with E-state index in [1.54, 1.807) is 6.33 Å². The van der Waals surface area contributed by atoms with Gasteiger partial charge in [-0.25, -0.2) is 4.98 Å². The van der Waals surface area contributed by atoms with Crippen molar-refractivity contribution >= 4 is 22.5 Å². The third-order valence-corrected chi connectivity index (χ3v) is 4.03. The van der Waals surface area contributed by atoms with Gasteiger partial charge in [-0.1, -0.05) is 26.0 Å². The van der Waals surface area contributed by atoms with Crippen molar-refractivity contribution in [2.24, 2.45) is 5.92 Å². The molecule has 0 aliphatic rings. The second-order valence-corrected chi connectivity index (χ2v) is 5.54. The molecule has 0 aliphatic carbocycles. The molecule has 0 radical (unpaired) electrons. The molecule has 1 aromatic carbocycles. The quantitative estimate of drug-likeness (QED) is 0.733. The van der Waals surface area contributed by atoms with Crippen LogP contribution in [0.15, 0.2) is 30.6 Å². The topological polar surface area (TPSA) is 46.3 Å². The lowest BCUT2D eigenvalue weighted by molar-refractivity contribution is 0.503. The first kappa shape index (κ1) is 12.8. The largest absolute Gasteiger partial charge is 0.354 e. The predicted molar refractivity (Wildman–Crippen MR) is 81.0 cm³/mol. The second kappa shape index (κ2) is 4.74. The normalized spacial score (nSPS) is 13.2. The van der Waals surface area contributed by atoms with Gasteiger partial charge in [0, 0.05) is 13.1 Å². The minimum absolute atomic E-state index is 0.379. The molecule has 1 atom stereocenters. The van der Waals surface area contributed by atoms with Crippen LogP contribution in [0.1, 0.15) is 20.8 Å². The lowest BCUT2D eigenvalue weighted by Crippen LogP contribution is -2.34. The molecule has 20 heavy (non-hydrogen) atoms. The van der Waals surface area contributed by atoms with E-state index in [1.807, 2.05) is 28.7 Å². The highest BCUT2D eigenvalue weighted by Gasteiger charge is 2.19. The van der Waals surface area contributed by atoms with Gasteiger partial charge >= 0.3 is 0 Å². The number of rotatable bonds is 3. The zero-order chi connectivity index (χ0) is 14.3. The van der Waals surface area contributed by atoms with Crippen LogP contribution >= 0.6 is 0 Å². The van der Waals surface area contributed by atoms with Crippen molar-refractivity contribution < 1.29 is 0 Å². The van der Waals surface area contributed by atoms with Gasteiger partial charge in [-0.15, -0.1) is 10.2 Å². The van der Waals surface area contributed by atoms with Crippen molar-refractivity contribution in [3.63, 3.8) is 0 Å². The first-order valence-corrected chi connectivity index (χ1v) is 6.91. The standard InChI is InChI=1S/C15H19N5/c1-10(2)11(3)19(4)14-15-18-16-9-20(15)13-8-6-5-7-12(13)17-14/h5-11H,1-4H3. The number of hydrogen-bond acceptors (Lipinski definition) is 4. The predicted octanol–water partition coefficient (Wildman–Crippen LogP) is 2.76. The molecule has 0 bridgehead atoms. The maximum Gasteiger partial charge on any atom is 0.204 e. The Hall–Kier alpha value is -2.17. The van der Waals surface area contributed by atoms with E-state index in [4.69, 9.17) is 4.98 Å². The van der Waals surface area contributed by atoms with Crippen molar-refractivity contribution in [1.82, 2.24) is 19.6 Å². The van der Waals surface area contributed by atoms with Gasteiger partial charge in [0.05, 0.1) is 11.0 Å². The summed E-state index contributed by atoms with van der Waals surface area (Å²) in [6.45, 7) is 6.63.